The van der Waals surface area contributed by atoms with Gasteiger partial charge in [-0.15, -0.1) is 0 Å². The van der Waals surface area contributed by atoms with Crippen molar-refractivity contribution < 1.29 is 29.4 Å². The first kappa shape index (κ1) is 21.6. The number of hydrogen-bond acceptors (Lipinski definition) is 7. The predicted octanol–water partition coefficient (Wildman–Crippen LogP) is -1.30. The fourth-order valence-corrected chi connectivity index (χ4v) is 4.83. The SMILES string of the molecule is CC(=O)N[C@@H](CSCC1C(=O)CCC1C(=O)O)C(=O)N1CCNC[C@@H]1CO. The first-order valence-electron chi connectivity index (χ1n) is 9.07. The van der Waals surface area contributed by atoms with E-state index in [0.29, 0.717) is 31.8 Å². The van der Waals surface area contributed by atoms with Crippen molar-refractivity contribution in [3.05, 3.63) is 0 Å². The summed E-state index contributed by atoms with van der Waals surface area (Å²) in [4.78, 5) is 49.2. The third kappa shape index (κ3) is 5.66. The highest BCUT2D eigenvalue weighted by atomic mass is 32.2. The number of nitrogens with zero attached hydrogens (tertiary/aromatic N) is 1. The minimum absolute atomic E-state index is 0.0558. The van der Waals surface area contributed by atoms with E-state index < -0.39 is 23.8 Å². The zero-order chi connectivity index (χ0) is 20.0. The highest BCUT2D eigenvalue weighted by molar-refractivity contribution is 7.99. The minimum atomic E-state index is -0.965. The van der Waals surface area contributed by atoms with Crippen LogP contribution in [0.15, 0.2) is 0 Å². The first-order valence-corrected chi connectivity index (χ1v) is 10.2. The Morgan fingerprint density at radius 3 is 2.78 bits per heavy atom. The number of piperazine rings is 1. The average molecular weight is 401 g/mol. The van der Waals surface area contributed by atoms with Crippen molar-refractivity contribution in [2.75, 3.05) is 37.7 Å². The molecule has 4 atom stereocenters. The quantitative estimate of drug-likeness (QED) is 0.394. The summed E-state index contributed by atoms with van der Waals surface area (Å²) in [6.45, 7) is 2.69. The summed E-state index contributed by atoms with van der Waals surface area (Å²) in [5.74, 6) is -2.30. The van der Waals surface area contributed by atoms with Crippen molar-refractivity contribution in [3.63, 3.8) is 0 Å². The van der Waals surface area contributed by atoms with Crippen LogP contribution >= 0.6 is 11.8 Å². The molecular formula is C17H27N3O6S. The van der Waals surface area contributed by atoms with E-state index in [1.54, 1.807) is 4.90 Å². The number of ketones is 1. The maximum Gasteiger partial charge on any atom is 0.307 e. The zero-order valence-electron chi connectivity index (χ0n) is 15.3. The van der Waals surface area contributed by atoms with E-state index in [-0.39, 0.29) is 42.4 Å². The second-order valence-corrected chi connectivity index (χ2v) is 7.99. The maximum atomic E-state index is 12.9. The van der Waals surface area contributed by atoms with Crippen molar-refractivity contribution in [2.45, 2.75) is 31.8 Å². The van der Waals surface area contributed by atoms with Gasteiger partial charge in [0.15, 0.2) is 0 Å². The second-order valence-electron chi connectivity index (χ2n) is 6.92. The van der Waals surface area contributed by atoms with Crippen LogP contribution in [0.25, 0.3) is 0 Å². The molecule has 0 radical (unpaired) electrons. The highest BCUT2D eigenvalue weighted by Gasteiger charge is 2.39. The number of Topliss-reactive ketones (excluding diaryl/α,β-unsaturated/α-hetero) is 1. The molecule has 0 aromatic carbocycles. The number of aliphatic hydroxyl groups is 1. The van der Waals surface area contributed by atoms with Gasteiger partial charge in [0, 0.05) is 50.4 Å². The van der Waals surface area contributed by atoms with Gasteiger partial charge >= 0.3 is 5.97 Å². The fraction of sp³-hybridized carbons (Fsp3) is 0.765. The molecular weight excluding hydrogens is 374 g/mol. The number of carbonyl (C=O) groups is 4. The van der Waals surface area contributed by atoms with Gasteiger partial charge in [-0.25, -0.2) is 0 Å². The van der Waals surface area contributed by atoms with Gasteiger partial charge in [-0.3, -0.25) is 19.2 Å². The van der Waals surface area contributed by atoms with E-state index in [0.717, 1.165) is 0 Å². The zero-order valence-corrected chi connectivity index (χ0v) is 16.2. The molecule has 0 bridgehead atoms. The van der Waals surface area contributed by atoms with Gasteiger partial charge in [-0.2, -0.15) is 11.8 Å². The molecule has 152 valence electrons. The summed E-state index contributed by atoms with van der Waals surface area (Å²) < 4.78 is 0. The number of rotatable bonds is 8. The predicted molar refractivity (Wildman–Crippen MR) is 99.2 cm³/mol. The van der Waals surface area contributed by atoms with Gasteiger partial charge in [0.2, 0.25) is 11.8 Å². The van der Waals surface area contributed by atoms with Crippen LogP contribution in [-0.4, -0.2) is 88.5 Å². The number of hydrogen-bond donors (Lipinski definition) is 4. The molecule has 1 heterocycles. The van der Waals surface area contributed by atoms with E-state index >= 15 is 0 Å². The molecule has 2 amide bonds. The van der Waals surface area contributed by atoms with Crippen LogP contribution in [0.3, 0.4) is 0 Å². The Morgan fingerprint density at radius 1 is 1.41 bits per heavy atom. The third-order valence-corrected chi connectivity index (χ3v) is 6.18. The molecule has 2 aliphatic rings. The monoisotopic (exact) mass is 401 g/mol. The van der Waals surface area contributed by atoms with Gasteiger partial charge in [-0.1, -0.05) is 0 Å². The van der Waals surface area contributed by atoms with Crippen LogP contribution in [0, 0.1) is 11.8 Å². The summed E-state index contributed by atoms with van der Waals surface area (Å²) in [6, 6.07) is -1.13. The van der Waals surface area contributed by atoms with E-state index in [9.17, 15) is 29.4 Å². The molecule has 1 aliphatic carbocycles. The van der Waals surface area contributed by atoms with Crippen LogP contribution in [0.2, 0.25) is 0 Å². The minimum Gasteiger partial charge on any atom is -0.481 e. The molecule has 1 saturated carbocycles. The standard InChI is InChI=1S/C17H27N3O6S/c1-10(22)19-14(16(24)20-5-4-18-6-11(20)7-21)9-27-8-13-12(17(25)26)2-3-15(13)23/h11-14,18,21H,2-9H2,1H3,(H,19,22)(H,25,26)/t11-,12?,13?,14+/m1/s1. The summed E-state index contributed by atoms with van der Waals surface area (Å²) in [5, 5.41) is 24.5. The lowest BCUT2D eigenvalue weighted by Gasteiger charge is -2.37. The number of amides is 2. The fourth-order valence-electron chi connectivity index (χ4n) is 3.56. The van der Waals surface area contributed by atoms with Gasteiger partial charge < -0.3 is 25.7 Å². The van der Waals surface area contributed by atoms with Gasteiger partial charge in [-0.05, 0) is 6.42 Å². The topological polar surface area (TPSA) is 136 Å². The average Bonchev–Trinajstić information content (AvgIpc) is 3.01. The van der Waals surface area contributed by atoms with Crippen molar-refractivity contribution >= 4 is 35.3 Å². The van der Waals surface area contributed by atoms with Crippen LogP contribution in [0.5, 0.6) is 0 Å². The molecule has 4 N–H and O–H groups in total. The van der Waals surface area contributed by atoms with Crippen LogP contribution in [0.4, 0.5) is 0 Å². The molecule has 10 heteroatoms. The van der Waals surface area contributed by atoms with Gasteiger partial charge in [0.05, 0.1) is 18.6 Å². The molecule has 27 heavy (non-hydrogen) atoms. The Hall–Kier alpha value is -1.65. The number of nitrogens with one attached hydrogen (secondary N) is 2. The second kappa shape index (κ2) is 10.0. The Labute approximate surface area is 162 Å². The van der Waals surface area contributed by atoms with Gasteiger partial charge in [0.25, 0.3) is 0 Å². The summed E-state index contributed by atoms with van der Waals surface area (Å²) in [6.07, 6.45) is 0.627. The van der Waals surface area contributed by atoms with E-state index in [1.165, 1.54) is 18.7 Å². The number of thioether (sulfide) groups is 1. The number of aliphatic carboxylic acids is 1. The highest BCUT2D eigenvalue weighted by Crippen LogP contribution is 2.31. The summed E-state index contributed by atoms with van der Waals surface area (Å²) in [5.41, 5.74) is 0. The number of aliphatic hydroxyl groups excluding tert-OH is 1. The molecule has 9 nitrogen and oxygen atoms in total. The van der Waals surface area contributed by atoms with Crippen molar-refractivity contribution in [1.29, 1.82) is 0 Å². The Balaban J connectivity index is 1.97. The van der Waals surface area contributed by atoms with Crippen LogP contribution < -0.4 is 10.6 Å². The van der Waals surface area contributed by atoms with Crippen molar-refractivity contribution in [1.82, 2.24) is 15.5 Å². The smallest absolute Gasteiger partial charge is 0.307 e. The summed E-state index contributed by atoms with van der Waals surface area (Å²) in [7, 11) is 0. The molecule has 0 aromatic rings. The van der Waals surface area contributed by atoms with Crippen LogP contribution in [0.1, 0.15) is 19.8 Å². The Kier molecular flexibility index (Phi) is 8.06. The van der Waals surface area contributed by atoms with E-state index in [4.69, 9.17) is 0 Å². The molecule has 2 fully saturated rings. The molecule has 0 spiro atoms. The number of carbonyl (C=O) groups excluding carboxylic acids is 3. The lowest BCUT2D eigenvalue weighted by Crippen LogP contribution is -2.60. The Bertz CT molecular complexity index is 587. The van der Waals surface area contributed by atoms with Crippen molar-refractivity contribution in [2.24, 2.45) is 11.8 Å². The molecule has 2 unspecified atom stereocenters. The number of carboxylic acids is 1. The molecule has 1 saturated heterocycles. The summed E-state index contributed by atoms with van der Waals surface area (Å²) >= 11 is 1.30. The molecule has 2 rings (SSSR count). The van der Waals surface area contributed by atoms with Crippen LogP contribution in [-0.2, 0) is 19.2 Å². The Morgan fingerprint density at radius 2 is 2.15 bits per heavy atom. The maximum absolute atomic E-state index is 12.9. The normalized spacial score (nSPS) is 26.7. The lowest BCUT2D eigenvalue weighted by atomic mass is 9.98. The third-order valence-electron chi connectivity index (χ3n) is 5.02. The van der Waals surface area contributed by atoms with E-state index in [2.05, 4.69) is 10.6 Å². The first-order chi connectivity index (χ1) is 12.8. The van der Waals surface area contributed by atoms with E-state index in [1.807, 2.05) is 0 Å². The van der Waals surface area contributed by atoms with Gasteiger partial charge in [0.1, 0.15) is 11.8 Å². The lowest BCUT2D eigenvalue weighted by molar-refractivity contribution is -0.144. The van der Waals surface area contributed by atoms with Crippen molar-refractivity contribution in [3.8, 4) is 0 Å². The largest absolute Gasteiger partial charge is 0.481 e. The molecule has 1 aliphatic heterocycles. The molecule has 0 aromatic heterocycles. The number of carboxylic acid groups (broad SMARTS) is 1.